The monoisotopic (exact) mass is 262 g/mol. The number of aromatic hydroxyl groups is 1. The Hall–Kier alpha value is 0.640. The number of phenolic OH excluding ortho intramolecular Hbond substituents is 1. The van der Waals surface area contributed by atoms with Crippen LogP contribution in [0.3, 0.4) is 0 Å². The predicted molar refractivity (Wildman–Crippen MR) is 41.7 cm³/mol. The van der Waals surface area contributed by atoms with Gasteiger partial charge in [0.25, 0.3) is 0 Å². The normalized spacial score (nSPS) is 9.62. The van der Waals surface area contributed by atoms with Gasteiger partial charge in [-0.3, -0.25) is 4.79 Å². The Morgan fingerprint density at radius 2 is 1.88 bits per heavy atom. The van der Waals surface area contributed by atoms with E-state index in [0.717, 1.165) is 18.2 Å². The summed E-state index contributed by atoms with van der Waals surface area (Å²) >= 11 is 0. The van der Waals surface area contributed by atoms with Gasteiger partial charge in [-0.25, -0.2) is 0 Å². The summed E-state index contributed by atoms with van der Waals surface area (Å²) in [7, 11) is -5.13. The molecule has 0 aliphatic carbocycles. The molecule has 0 aliphatic heterocycles. The number of phosphoric acid groups is 1. The van der Waals surface area contributed by atoms with Crippen LogP contribution in [0.5, 0.6) is 11.5 Å². The third-order valence-corrected chi connectivity index (χ3v) is 1.78. The van der Waals surface area contributed by atoms with Gasteiger partial charge in [0.15, 0.2) is 6.29 Å². The van der Waals surface area contributed by atoms with Gasteiger partial charge in [-0.2, -0.15) is 0 Å². The molecule has 0 amide bonds. The molecule has 1 rings (SSSR count). The predicted octanol–water partition coefficient (Wildman–Crippen LogP) is -6.58. The fraction of sp³-hybridized carbons (Fsp3) is 0. The Kier molecular flexibility index (Phi) is 9.34. The molecule has 9 heteroatoms. The summed E-state index contributed by atoms with van der Waals surface area (Å²) in [6.45, 7) is 0. The standard InChI is InChI=1S/C7H7O6P.2Na/c8-4-5-3-6(1-2-7(5)9)13-14(10,11)12;;/h1-4,9H,(H2,10,11,12);;/q;2*+1/p-2. The Balaban J connectivity index is 0. The van der Waals surface area contributed by atoms with Crippen molar-refractivity contribution in [2.75, 3.05) is 0 Å². The maximum atomic E-state index is 10.3. The van der Waals surface area contributed by atoms with Crippen LogP contribution in [-0.4, -0.2) is 11.4 Å². The second-order valence-corrected chi connectivity index (χ2v) is 3.45. The van der Waals surface area contributed by atoms with Crippen molar-refractivity contribution in [3.8, 4) is 11.5 Å². The molecule has 0 spiro atoms. The van der Waals surface area contributed by atoms with E-state index < -0.39 is 7.82 Å². The van der Waals surface area contributed by atoms with E-state index in [9.17, 15) is 19.1 Å². The zero-order chi connectivity index (χ0) is 10.8. The molecule has 0 saturated heterocycles. The van der Waals surface area contributed by atoms with E-state index in [1.807, 2.05) is 0 Å². The van der Waals surface area contributed by atoms with Crippen molar-refractivity contribution in [1.82, 2.24) is 0 Å². The van der Waals surface area contributed by atoms with E-state index in [2.05, 4.69) is 4.52 Å². The summed E-state index contributed by atoms with van der Waals surface area (Å²) in [5.74, 6) is -0.628. The van der Waals surface area contributed by atoms with E-state index >= 15 is 0 Å². The minimum Gasteiger partial charge on any atom is -0.780 e. The van der Waals surface area contributed by atoms with Gasteiger partial charge >= 0.3 is 59.1 Å². The second kappa shape index (κ2) is 7.87. The number of carbonyl (C=O) groups excluding carboxylic acids is 1. The molecule has 0 unspecified atom stereocenters. The summed E-state index contributed by atoms with van der Waals surface area (Å²) < 4.78 is 14.2. The fourth-order valence-corrected chi connectivity index (χ4v) is 1.18. The number of phenols is 1. The second-order valence-electron chi connectivity index (χ2n) is 2.38. The van der Waals surface area contributed by atoms with E-state index in [1.54, 1.807) is 0 Å². The third-order valence-electron chi connectivity index (χ3n) is 1.34. The van der Waals surface area contributed by atoms with Crippen molar-refractivity contribution in [3.63, 3.8) is 0 Å². The smallest absolute Gasteiger partial charge is 0.780 e. The van der Waals surface area contributed by atoms with Gasteiger partial charge in [0.2, 0.25) is 0 Å². The number of rotatable bonds is 3. The molecule has 0 atom stereocenters. The van der Waals surface area contributed by atoms with Crippen molar-refractivity contribution < 1.29 is 87.9 Å². The Morgan fingerprint density at radius 1 is 1.31 bits per heavy atom. The number of benzene rings is 1. The zero-order valence-electron chi connectivity index (χ0n) is 8.75. The molecule has 1 N–H and O–H groups in total. The molecule has 1 aromatic carbocycles. The first kappa shape index (κ1) is 19.0. The van der Waals surface area contributed by atoms with Crippen molar-refractivity contribution in [2.45, 2.75) is 0 Å². The van der Waals surface area contributed by atoms with Crippen LogP contribution >= 0.6 is 7.82 Å². The van der Waals surface area contributed by atoms with Gasteiger partial charge in [0.1, 0.15) is 19.3 Å². The minimum atomic E-state index is -5.13. The van der Waals surface area contributed by atoms with Crippen molar-refractivity contribution in [1.29, 1.82) is 0 Å². The molecule has 0 fully saturated rings. The SMILES string of the molecule is O=Cc1cc(OP(=O)([O-])[O-])ccc1O.[Na+].[Na+]. The molecular formula is C7H5Na2O6P. The van der Waals surface area contributed by atoms with Crippen LogP contribution in [-0.2, 0) is 4.57 Å². The molecule has 76 valence electrons. The number of carbonyl (C=O) groups is 1. The number of hydrogen-bond acceptors (Lipinski definition) is 6. The Labute approximate surface area is 136 Å². The zero-order valence-corrected chi connectivity index (χ0v) is 13.6. The topological polar surface area (TPSA) is 110 Å². The maximum Gasteiger partial charge on any atom is 1.00 e. The Bertz CT molecular complexity index is 404. The maximum absolute atomic E-state index is 10.3. The molecule has 6 nitrogen and oxygen atoms in total. The van der Waals surface area contributed by atoms with E-state index in [0.29, 0.717) is 6.29 Å². The third kappa shape index (κ3) is 6.39. The molecule has 0 bridgehead atoms. The summed E-state index contributed by atoms with van der Waals surface area (Å²) in [5.41, 5.74) is -0.157. The van der Waals surface area contributed by atoms with Gasteiger partial charge < -0.3 is 24.0 Å². The number of hydrogen-bond donors (Lipinski definition) is 1. The quantitative estimate of drug-likeness (QED) is 0.329. The number of phosphoric ester groups is 1. The fourth-order valence-electron chi connectivity index (χ4n) is 0.813. The van der Waals surface area contributed by atoms with Gasteiger partial charge in [-0.05, 0) is 18.2 Å². The summed E-state index contributed by atoms with van der Waals surface area (Å²) in [5, 5.41) is 9.02. The Morgan fingerprint density at radius 3 is 2.31 bits per heavy atom. The van der Waals surface area contributed by atoms with Gasteiger partial charge in [-0.15, -0.1) is 0 Å². The van der Waals surface area contributed by atoms with Crippen LogP contribution in [0.1, 0.15) is 10.4 Å². The van der Waals surface area contributed by atoms with E-state index in [1.165, 1.54) is 0 Å². The van der Waals surface area contributed by atoms with Crippen molar-refractivity contribution in [2.24, 2.45) is 0 Å². The van der Waals surface area contributed by atoms with Gasteiger partial charge in [0, 0.05) is 0 Å². The molecule has 0 heterocycles. The van der Waals surface area contributed by atoms with Crippen LogP contribution in [0.25, 0.3) is 0 Å². The van der Waals surface area contributed by atoms with Gasteiger partial charge in [0.05, 0.1) is 5.56 Å². The largest absolute Gasteiger partial charge is 1.00 e. The summed E-state index contributed by atoms with van der Waals surface area (Å²) in [6.07, 6.45) is 0.308. The molecule has 0 aliphatic rings. The van der Waals surface area contributed by atoms with Crippen LogP contribution in [0, 0.1) is 0 Å². The van der Waals surface area contributed by atoms with Crippen LogP contribution in [0.15, 0.2) is 18.2 Å². The summed E-state index contributed by atoms with van der Waals surface area (Å²) in [4.78, 5) is 30.7. The van der Waals surface area contributed by atoms with E-state index in [-0.39, 0.29) is 76.2 Å². The van der Waals surface area contributed by atoms with Crippen LogP contribution < -0.4 is 73.4 Å². The average Bonchev–Trinajstić information content (AvgIpc) is 2.06. The molecule has 16 heavy (non-hydrogen) atoms. The van der Waals surface area contributed by atoms with Crippen molar-refractivity contribution in [3.05, 3.63) is 23.8 Å². The molecular weight excluding hydrogens is 257 g/mol. The van der Waals surface area contributed by atoms with Gasteiger partial charge in [-0.1, -0.05) is 0 Å². The summed E-state index contributed by atoms with van der Waals surface area (Å²) in [6, 6.07) is 3.06. The first-order valence-corrected chi connectivity index (χ1v) is 4.88. The average molecular weight is 262 g/mol. The molecule has 0 aromatic heterocycles. The van der Waals surface area contributed by atoms with Crippen LogP contribution in [0.4, 0.5) is 0 Å². The molecule has 0 radical (unpaired) electrons. The molecule has 1 aromatic rings. The van der Waals surface area contributed by atoms with Crippen molar-refractivity contribution >= 4 is 14.1 Å². The number of aldehydes is 1. The minimum absolute atomic E-state index is 0. The first-order valence-electron chi connectivity index (χ1n) is 3.42. The molecule has 0 saturated carbocycles. The first-order chi connectivity index (χ1) is 6.42. The van der Waals surface area contributed by atoms with Crippen LogP contribution in [0.2, 0.25) is 0 Å². The van der Waals surface area contributed by atoms with E-state index in [4.69, 9.17) is 5.11 Å².